The van der Waals surface area contributed by atoms with Crippen molar-refractivity contribution in [1.29, 1.82) is 0 Å². The predicted molar refractivity (Wildman–Crippen MR) is 80.7 cm³/mol. The number of nitrogens with zero attached hydrogens (tertiary/aromatic N) is 2. The Kier molecular flexibility index (Phi) is 3.52. The SMILES string of the molecule is Cc1ncsc1C(=O)N1CCSc2ccc(Cl)cc21. The standard InChI is InChI=1S/C13H11ClN2OS2/c1-8-12(19-7-15-8)13(17)16-4-5-18-11-3-2-9(14)6-10(11)16/h2-3,6-7H,4-5H2,1H3. The van der Waals surface area contributed by atoms with E-state index in [1.165, 1.54) is 11.3 Å². The minimum absolute atomic E-state index is 0.0174. The molecule has 0 spiro atoms. The van der Waals surface area contributed by atoms with Crippen molar-refractivity contribution in [2.75, 3.05) is 17.2 Å². The van der Waals surface area contributed by atoms with Gasteiger partial charge in [0.05, 0.1) is 16.9 Å². The lowest BCUT2D eigenvalue weighted by molar-refractivity contribution is 0.0991. The fraction of sp³-hybridized carbons (Fsp3) is 0.231. The maximum Gasteiger partial charge on any atom is 0.270 e. The third kappa shape index (κ3) is 2.38. The lowest BCUT2D eigenvalue weighted by Gasteiger charge is -2.28. The summed E-state index contributed by atoms with van der Waals surface area (Å²) in [4.78, 5) is 20.4. The fourth-order valence-corrected chi connectivity index (χ4v) is 3.92. The van der Waals surface area contributed by atoms with Crippen LogP contribution in [0.3, 0.4) is 0 Å². The summed E-state index contributed by atoms with van der Waals surface area (Å²) in [6, 6.07) is 5.69. The summed E-state index contributed by atoms with van der Waals surface area (Å²) in [6.45, 7) is 2.56. The number of amides is 1. The molecule has 6 heteroatoms. The highest BCUT2D eigenvalue weighted by molar-refractivity contribution is 7.99. The monoisotopic (exact) mass is 310 g/mol. The summed E-state index contributed by atoms with van der Waals surface area (Å²) in [5, 5.41) is 0.653. The molecular weight excluding hydrogens is 300 g/mol. The highest BCUT2D eigenvalue weighted by atomic mass is 35.5. The number of carbonyl (C=O) groups excluding carboxylic acids is 1. The average Bonchev–Trinajstić information content (AvgIpc) is 2.83. The second-order valence-electron chi connectivity index (χ2n) is 4.18. The van der Waals surface area contributed by atoms with Gasteiger partial charge in [-0.05, 0) is 25.1 Å². The Morgan fingerprint density at radius 3 is 3.05 bits per heavy atom. The number of aryl methyl sites for hydroxylation is 1. The quantitative estimate of drug-likeness (QED) is 0.802. The Balaban J connectivity index is 2.02. The van der Waals surface area contributed by atoms with E-state index in [0.29, 0.717) is 16.4 Å². The number of hydrogen-bond donors (Lipinski definition) is 0. The van der Waals surface area contributed by atoms with E-state index in [4.69, 9.17) is 11.6 Å². The minimum atomic E-state index is 0.0174. The van der Waals surface area contributed by atoms with E-state index in [-0.39, 0.29) is 5.91 Å². The number of fused-ring (bicyclic) bond motifs is 1. The first kappa shape index (κ1) is 13.0. The molecule has 2 aromatic rings. The molecule has 1 aliphatic heterocycles. The number of aromatic nitrogens is 1. The van der Waals surface area contributed by atoms with Gasteiger partial charge in [-0.1, -0.05) is 11.6 Å². The number of thioether (sulfide) groups is 1. The molecule has 0 aliphatic carbocycles. The molecule has 1 aromatic heterocycles. The maximum absolute atomic E-state index is 12.6. The van der Waals surface area contributed by atoms with Gasteiger partial charge in [0.2, 0.25) is 0 Å². The number of anilines is 1. The van der Waals surface area contributed by atoms with Gasteiger partial charge >= 0.3 is 0 Å². The van der Waals surface area contributed by atoms with Crippen LogP contribution >= 0.6 is 34.7 Å². The molecular formula is C13H11ClN2OS2. The molecule has 1 aromatic carbocycles. The van der Waals surface area contributed by atoms with Gasteiger partial charge < -0.3 is 4.90 Å². The smallest absolute Gasteiger partial charge is 0.270 e. The van der Waals surface area contributed by atoms with Gasteiger partial charge in [0.1, 0.15) is 4.88 Å². The van der Waals surface area contributed by atoms with Crippen LogP contribution in [0.4, 0.5) is 5.69 Å². The van der Waals surface area contributed by atoms with Gasteiger partial charge in [-0.3, -0.25) is 4.79 Å². The summed E-state index contributed by atoms with van der Waals surface area (Å²) in [5.41, 5.74) is 3.40. The zero-order valence-electron chi connectivity index (χ0n) is 10.2. The van der Waals surface area contributed by atoms with E-state index in [2.05, 4.69) is 4.98 Å². The second kappa shape index (κ2) is 5.15. The van der Waals surface area contributed by atoms with Crippen LogP contribution in [-0.4, -0.2) is 23.2 Å². The first-order valence-electron chi connectivity index (χ1n) is 5.81. The van der Waals surface area contributed by atoms with Crippen molar-refractivity contribution >= 4 is 46.3 Å². The van der Waals surface area contributed by atoms with Crippen molar-refractivity contribution in [2.24, 2.45) is 0 Å². The lowest BCUT2D eigenvalue weighted by Crippen LogP contribution is -2.35. The molecule has 0 saturated carbocycles. The van der Waals surface area contributed by atoms with Crippen LogP contribution in [0, 0.1) is 6.92 Å². The van der Waals surface area contributed by atoms with Crippen LogP contribution in [0.2, 0.25) is 5.02 Å². The van der Waals surface area contributed by atoms with Crippen LogP contribution in [0.25, 0.3) is 0 Å². The van der Waals surface area contributed by atoms with Gasteiger partial charge in [-0.25, -0.2) is 4.98 Å². The maximum atomic E-state index is 12.6. The van der Waals surface area contributed by atoms with Crippen LogP contribution in [0.5, 0.6) is 0 Å². The van der Waals surface area contributed by atoms with Crippen LogP contribution in [-0.2, 0) is 0 Å². The molecule has 0 N–H and O–H groups in total. The van der Waals surface area contributed by atoms with Crippen molar-refractivity contribution in [3.05, 3.63) is 39.3 Å². The molecule has 3 rings (SSSR count). The number of halogens is 1. The van der Waals surface area contributed by atoms with Gasteiger partial charge in [-0.2, -0.15) is 0 Å². The summed E-state index contributed by atoms with van der Waals surface area (Å²) < 4.78 is 0. The first-order valence-corrected chi connectivity index (χ1v) is 8.05. The van der Waals surface area contributed by atoms with E-state index in [0.717, 1.165) is 22.0 Å². The second-order valence-corrected chi connectivity index (χ2v) is 6.61. The third-order valence-electron chi connectivity index (χ3n) is 2.97. The fourth-order valence-electron chi connectivity index (χ4n) is 2.03. The summed E-state index contributed by atoms with van der Waals surface area (Å²) in [5.74, 6) is 0.918. The van der Waals surface area contributed by atoms with Crippen molar-refractivity contribution in [3.8, 4) is 0 Å². The number of benzene rings is 1. The molecule has 1 amide bonds. The van der Waals surface area contributed by atoms with E-state index in [9.17, 15) is 4.79 Å². The van der Waals surface area contributed by atoms with E-state index >= 15 is 0 Å². The average molecular weight is 311 g/mol. The third-order valence-corrected chi connectivity index (χ3v) is 5.16. The number of hydrogen-bond acceptors (Lipinski definition) is 4. The van der Waals surface area contributed by atoms with Crippen molar-refractivity contribution in [1.82, 2.24) is 4.98 Å². The highest BCUT2D eigenvalue weighted by Gasteiger charge is 2.26. The largest absolute Gasteiger partial charge is 0.306 e. The Morgan fingerprint density at radius 1 is 1.47 bits per heavy atom. The van der Waals surface area contributed by atoms with E-state index in [1.807, 2.05) is 25.1 Å². The summed E-state index contributed by atoms with van der Waals surface area (Å²) in [6.07, 6.45) is 0. The molecule has 98 valence electrons. The Morgan fingerprint density at radius 2 is 2.32 bits per heavy atom. The van der Waals surface area contributed by atoms with Crippen molar-refractivity contribution in [3.63, 3.8) is 0 Å². The Hall–Kier alpha value is -1.04. The van der Waals surface area contributed by atoms with Crippen molar-refractivity contribution < 1.29 is 4.79 Å². The molecule has 0 radical (unpaired) electrons. The number of carbonyl (C=O) groups is 1. The molecule has 1 aliphatic rings. The number of thiazole rings is 1. The summed E-state index contributed by atoms with van der Waals surface area (Å²) in [7, 11) is 0. The topological polar surface area (TPSA) is 33.2 Å². The highest BCUT2D eigenvalue weighted by Crippen LogP contribution is 2.37. The van der Waals surface area contributed by atoms with Gasteiger partial charge in [0.15, 0.2) is 0 Å². The normalized spacial score (nSPS) is 14.3. The molecule has 0 fully saturated rings. The Bertz CT molecular complexity index is 641. The van der Waals surface area contributed by atoms with Crippen LogP contribution in [0.1, 0.15) is 15.4 Å². The van der Waals surface area contributed by atoms with Gasteiger partial charge in [0.25, 0.3) is 5.91 Å². The zero-order chi connectivity index (χ0) is 13.4. The minimum Gasteiger partial charge on any atom is -0.306 e. The molecule has 0 atom stereocenters. The molecule has 0 saturated heterocycles. The molecule has 3 nitrogen and oxygen atoms in total. The predicted octanol–water partition coefficient (Wildman–Crippen LogP) is 3.86. The van der Waals surface area contributed by atoms with Crippen molar-refractivity contribution in [2.45, 2.75) is 11.8 Å². The summed E-state index contributed by atoms with van der Waals surface area (Å²) >= 11 is 9.19. The first-order chi connectivity index (χ1) is 9.16. The molecule has 2 heterocycles. The molecule has 19 heavy (non-hydrogen) atoms. The lowest BCUT2D eigenvalue weighted by atomic mass is 10.2. The molecule has 0 unspecified atom stereocenters. The van der Waals surface area contributed by atoms with Crippen LogP contribution in [0.15, 0.2) is 28.6 Å². The Labute approximate surface area is 124 Å². The van der Waals surface area contributed by atoms with E-state index < -0.39 is 0 Å². The molecule has 0 bridgehead atoms. The van der Waals surface area contributed by atoms with Gasteiger partial charge in [0, 0.05) is 22.2 Å². The number of rotatable bonds is 1. The van der Waals surface area contributed by atoms with Crippen LogP contribution < -0.4 is 4.90 Å². The van der Waals surface area contributed by atoms with Gasteiger partial charge in [-0.15, -0.1) is 23.1 Å². The zero-order valence-corrected chi connectivity index (χ0v) is 12.6. The van der Waals surface area contributed by atoms with E-state index in [1.54, 1.807) is 22.2 Å².